The summed E-state index contributed by atoms with van der Waals surface area (Å²) in [5.74, 6) is 1.94. The van der Waals surface area contributed by atoms with Crippen molar-refractivity contribution in [3.8, 4) is 17.0 Å². The molecule has 8 heteroatoms. The van der Waals surface area contributed by atoms with Gasteiger partial charge in [-0.1, -0.05) is 0 Å². The number of imidazole rings is 1. The van der Waals surface area contributed by atoms with Crippen molar-refractivity contribution in [2.45, 2.75) is 0 Å². The van der Waals surface area contributed by atoms with Crippen LogP contribution in [0, 0.1) is 0 Å². The van der Waals surface area contributed by atoms with Crippen LogP contribution < -0.4 is 9.64 Å². The summed E-state index contributed by atoms with van der Waals surface area (Å²) in [4.78, 5) is 25.7. The van der Waals surface area contributed by atoms with Crippen molar-refractivity contribution in [3.05, 3.63) is 67.0 Å². The minimum absolute atomic E-state index is 0.0755. The first-order valence-electron chi connectivity index (χ1n) is 9.79. The first-order chi connectivity index (χ1) is 14.7. The number of carbonyl (C=O) groups is 1. The molecule has 1 saturated heterocycles. The van der Waals surface area contributed by atoms with E-state index in [4.69, 9.17) is 9.15 Å². The highest BCUT2D eigenvalue weighted by Crippen LogP contribution is 2.27. The summed E-state index contributed by atoms with van der Waals surface area (Å²) < 4.78 is 12.5. The van der Waals surface area contributed by atoms with Gasteiger partial charge in [0.05, 0.1) is 25.3 Å². The lowest BCUT2D eigenvalue weighted by Gasteiger charge is -2.35. The molecule has 1 aliphatic heterocycles. The molecule has 0 spiro atoms. The first-order valence-corrected chi connectivity index (χ1v) is 9.79. The average Bonchev–Trinajstić information content (AvgIpc) is 3.49. The maximum atomic E-state index is 12.5. The van der Waals surface area contributed by atoms with Crippen molar-refractivity contribution < 1.29 is 13.9 Å². The summed E-state index contributed by atoms with van der Waals surface area (Å²) in [6.07, 6.45) is 7.09. The normalized spacial score (nSPS) is 14.3. The highest BCUT2D eigenvalue weighted by molar-refractivity contribution is 5.91. The van der Waals surface area contributed by atoms with E-state index < -0.39 is 0 Å². The largest absolute Gasteiger partial charge is 0.497 e. The SMILES string of the molecule is COc1ccc(-c2cnc3c(N4CCN(C(=O)c5ccco5)CC4)nccn23)cc1. The molecular weight excluding hydrogens is 382 g/mol. The molecule has 4 heterocycles. The minimum Gasteiger partial charge on any atom is -0.497 e. The number of benzene rings is 1. The molecule has 4 aromatic rings. The van der Waals surface area contributed by atoms with Gasteiger partial charge in [0, 0.05) is 44.1 Å². The Balaban J connectivity index is 1.38. The van der Waals surface area contributed by atoms with E-state index in [0.717, 1.165) is 28.5 Å². The number of nitrogens with zero attached hydrogens (tertiary/aromatic N) is 5. The molecule has 0 bridgehead atoms. The number of rotatable bonds is 4. The van der Waals surface area contributed by atoms with Gasteiger partial charge in [-0.05, 0) is 36.4 Å². The van der Waals surface area contributed by atoms with Gasteiger partial charge in [-0.15, -0.1) is 0 Å². The van der Waals surface area contributed by atoms with E-state index in [-0.39, 0.29) is 5.91 Å². The number of aromatic nitrogens is 3. The third kappa shape index (κ3) is 3.16. The Hall–Kier alpha value is -3.81. The van der Waals surface area contributed by atoms with E-state index >= 15 is 0 Å². The van der Waals surface area contributed by atoms with Gasteiger partial charge in [-0.2, -0.15) is 0 Å². The molecule has 8 nitrogen and oxygen atoms in total. The minimum atomic E-state index is -0.0755. The standard InChI is InChI=1S/C22H21N5O3/c1-29-17-6-4-16(5-7-17)18-15-24-21-20(23-8-9-27(18)21)25-10-12-26(13-11-25)22(28)19-3-2-14-30-19/h2-9,14-15H,10-13H2,1H3. The van der Waals surface area contributed by atoms with E-state index in [1.807, 2.05) is 46.0 Å². The molecular formula is C22H21N5O3. The zero-order chi connectivity index (χ0) is 20.5. The maximum Gasteiger partial charge on any atom is 0.289 e. The molecule has 1 aromatic carbocycles. The second-order valence-corrected chi connectivity index (χ2v) is 7.07. The number of furan rings is 1. The van der Waals surface area contributed by atoms with Crippen molar-refractivity contribution in [2.75, 3.05) is 38.2 Å². The van der Waals surface area contributed by atoms with Gasteiger partial charge in [0.1, 0.15) is 5.75 Å². The maximum absolute atomic E-state index is 12.5. The number of hydrogen-bond acceptors (Lipinski definition) is 6. The molecule has 0 aliphatic carbocycles. The lowest BCUT2D eigenvalue weighted by atomic mass is 10.1. The summed E-state index contributed by atoms with van der Waals surface area (Å²) in [6, 6.07) is 11.3. The van der Waals surface area contributed by atoms with Crippen molar-refractivity contribution in [3.63, 3.8) is 0 Å². The van der Waals surface area contributed by atoms with Gasteiger partial charge in [-0.3, -0.25) is 9.20 Å². The summed E-state index contributed by atoms with van der Waals surface area (Å²) in [5.41, 5.74) is 2.84. The predicted molar refractivity (Wildman–Crippen MR) is 112 cm³/mol. The van der Waals surface area contributed by atoms with E-state index in [1.54, 1.807) is 25.4 Å². The summed E-state index contributed by atoms with van der Waals surface area (Å²) >= 11 is 0. The number of ether oxygens (including phenoxy) is 1. The number of fused-ring (bicyclic) bond motifs is 1. The van der Waals surface area contributed by atoms with Crippen LogP contribution in [0.1, 0.15) is 10.6 Å². The zero-order valence-electron chi connectivity index (χ0n) is 16.6. The summed E-state index contributed by atoms with van der Waals surface area (Å²) in [7, 11) is 1.66. The first kappa shape index (κ1) is 18.2. The van der Waals surface area contributed by atoms with Gasteiger partial charge < -0.3 is 19.0 Å². The Labute approximate surface area is 173 Å². The summed E-state index contributed by atoms with van der Waals surface area (Å²) in [5, 5.41) is 0. The van der Waals surface area contributed by atoms with Crippen molar-refractivity contribution in [2.24, 2.45) is 0 Å². The van der Waals surface area contributed by atoms with Crippen LogP contribution in [0.25, 0.3) is 16.9 Å². The lowest BCUT2D eigenvalue weighted by Crippen LogP contribution is -2.49. The summed E-state index contributed by atoms with van der Waals surface area (Å²) in [6.45, 7) is 2.58. The van der Waals surface area contributed by atoms with Gasteiger partial charge in [0.2, 0.25) is 0 Å². The van der Waals surface area contributed by atoms with E-state index in [9.17, 15) is 4.79 Å². The van der Waals surface area contributed by atoms with Gasteiger partial charge >= 0.3 is 0 Å². The van der Waals surface area contributed by atoms with Crippen LogP contribution in [-0.4, -0.2) is 58.5 Å². The molecule has 30 heavy (non-hydrogen) atoms. The van der Waals surface area contributed by atoms with Crippen LogP contribution in [0.15, 0.2) is 65.7 Å². The Kier molecular flexibility index (Phi) is 4.59. The topological polar surface area (TPSA) is 76.1 Å². The van der Waals surface area contributed by atoms with Crippen molar-refractivity contribution >= 4 is 17.4 Å². The van der Waals surface area contributed by atoms with Crippen LogP contribution in [0.5, 0.6) is 5.75 Å². The van der Waals surface area contributed by atoms with Crippen LogP contribution in [-0.2, 0) is 0 Å². The highest BCUT2D eigenvalue weighted by atomic mass is 16.5. The van der Waals surface area contributed by atoms with E-state index in [0.29, 0.717) is 31.9 Å². The van der Waals surface area contributed by atoms with Crippen LogP contribution in [0.4, 0.5) is 5.82 Å². The third-order valence-electron chi connectivity index (χ3n) is 5.39. The van der Waals surface area contributed by atoms with Crippen LogP contribution in [0.2, 0.25) is 0 Å². The van der Waals surface area contributed by atoms with Crippen LogP contribution in [0.3, 0.4) is 0 Å². The molecule has 5 rings (SSSR count). The number of carbonyl (C=O) groups excluding carboxylic acids is 1. The fraction of sp³-hybridized carbons (Fsp3) is 0.227. The molecule has 0 atom stereocenters. The van der Waals surface area contributed by atoms with Crippen LogP contribution >= 0.6 is 0 Å². The lowest BCUT2D eigenvalue weighted by molar-refractivity contribution is 0.0714. The van der Waals surface area contributed by atoms with E-state index in [2.05, 4.69) is 14.9 Å². The molecule has 1 amide bonds. The van der Waals surface area contributed by atoms with Gasteiger partial charge in [-0.25, -0.2) is 9.97 Å². The Bertz CT molecular complexity index is 1160. The molecule has 0 unspecified atom stereocenters. The van der Waals surface area contributed by atoms with Gasteiger partial charge in [0.25, 0.3) is 5.91 Å². The monoisotopic (exact) mass is 403 g/mol. The third-order valence-corrected chi connectivity index (χ3v) is 5.39. The fourth-order valence-electron chi connectivity index (χ4n) is 3.78. The molecule has 0 saturated carbocycles. The molecule has 0 N–H and O–H groups in total. The average molecular weight is 403 g/mol. The van der Waals surface area contributed by atoms with Gasteiger partial charge in [0.15, 0.2) is 17.2 Å². The number of hydrogen-bond donors (Lipinski definition) is 0. The fourth-order valence-corrected chi connectivity index (χ4v) is 3.78. The second kappa shape index (κ2) is 7.55. The number of methoxy groups -OCH3 is 1. The molecule has 3 aromatic heterocycles. The second-order valence-electron chi connectivity index (χ2n) is 7.07. The Morgan fingerprint density at radius 1 is 1.07 bits per heavy atom. The molecule has 1 fully saturated rings. The quantitative estimate of drug-likeness (QED) is 0.522. The number of piperazine rings is 1. The number of anilines is 1. The Morgan fingerprint density at radius 2 is 1.87 bits per heavy atom. The predicted octanol–water partition coefficient (Wildman–Crippen LogP) is 2.96. The smallest absolute Gasteiger partial charge is 0.289 e. The van der Waals surface area contributed by atoms with E-state index in [1.165, 1.54) is 6.26 Å². The molecule has 0 radical (unpaired) electrons. The Morgan fingerprint density at radius 3 is 2.57 bits per heavy atom. The van der Waals surface area contributed by atoms with Crippen molar-refractivity contribution in [1.29, 1.82) is 0 Å². The molecule has 152 valence electrons. The zero-order valence-corrected chi connectivity index (χ0v) is 16.6. The van der Waals surface area contributed by atoms with Crippen molar-refractivity contribution in [1.82, 2.24) is 19.3 Å². The highest BCUT2D eigenvalue weighted by Gasteiger charge is 2.26. The molecule has 1 aliphatic rings. The number of amides is 1.